The van der Waals surface area contributed by atoms with E-state index in [2.05, 4.69) is 20.9 Å². The number of nitrogens with zero attached hydrogens (tertiary/aromatic N) is 1. The number of carbonyl (C=O) groups is 1. The van der Waals surface area contributed by atoms with Gasteiger partial charge in [0.25, 0.3) is 0 Å². The highest BCUT2D eigenvalue weighted by Crippen LogP contribution is 2.32. The van der Waals surface area contributed by atoms with Gasteiger partial charge in [-0.2, -0.15) is 0 Å². The van der Waals surface area contributed by atoms with Crippen molar-refractivity contribution in [3.63, 3.8) is 0 Å². The molecule has 2 aromatic heterocycles. The van der Waals surface area contributed by atoms with Crippen LogP contribution in [0.5, 0.6) is 0 Å². The lowest BCUT2D eigenvalue weighted by Gasteiger charge is -2.10. The smallest absolute Gasteiger partial charge is 0.0935 e. The Kier molecular flexibility index (Phi) is 3.50. The van der Waals surface area contributed by atoms with Crippen LogP contribution in [0.4, 0.5) is 0 Å². The molecule has 0 amide bonds. The minimum atomic E-state index is -1.22. The zero-order valence-corrected chi connectivity index (χ0v) is 13.1. The maximum atomic E-state index is 11.3. The molecule has 0 N–H and O–H groups in total. The third-order valence-electron chi connectivity index (χ3n) is 2.82. The number of carboxylic acid groups (broad SMARTS) is 1. The van der Waals surface area contributed by atoms with Gasteiger partial charge in [0.1, 0.15) is 0 Å². The molecule has 0 aliphatic carbocycles. The Hall–Kier alpha value is -1.43. The van der Waals surface area contributed by atoms with Gasteiger partial charge in [-0.1, -0.05) is 27.5 Å². The number of carbonyl (C=O) groups excluding carboxylic acids is 1. The monoisotopic (exact) mass is 366 g/mol. The molecule has 0 unspecified atom stereocenters. The lowest BCUT2D eigenvalue weighted by molar-refractivity contribution is -0.254. The van der Waals surface area contributed by atoms with E-state index in [0.29, 0.717) is 20.9 Å². The number of halogens is 2. The third kappa shape index (κ3) is 2.44. The van der Waals surface area contributed by atoms with Gasteiger partial charge in [0.2, 0.25) is 0 Å². The fraction of sp³-hybridized carbons (Fsp3) is 0. The second kappa shape index (κ2) is 5.16. The van der Waals surface area contributed by atoms with E-state index < -0.39 is 5.97 Å². The van der Waals surface area contributed by atoms with Gasteiger partial charge in [-0.15, -0.1) is 11.3 Å². The van der Waals surface area contributed by atoms with Crippen LogP contribution in [0, 0.1) is 0 Å². The molecular formula is C14H6BrClNO2S-. The van der Waals surface area contributed by atoms with E-state index >= 15 is 0 Å². The van der Waals surface area contributed by atoms with Crippen molar-refractivity contribution in [1.82, 2.24) is 4.98 Å². The number of fused-ring (bicyclic) bond motifs is 1. The van der Waals surface area contributed by atoms with Gasteiger partial charge in [-0.05, 0) is 36.4 Å². The minimum Gasteiger partial charge on any atom is -0.545 e. The molecule has 3 rings (SSSR count). The van der Waals surface area contributed by atoms with Crippen molar-refractivity contribution in [2.24, 2.45) is 0 Å². The Bertz CT molecular complexity index is 831. The van der Waals surface area contributed by atoms with Gasteiger partial charge in [-0.3, -0.25) is 0 Å². The van der Waals surface area contributed by atoms with Crippen molar-refractivity contribution in [2.45, 2.75) is 0 Å². The molecule has 3 aromatic rings. The Morgan fingerprint density at radius 3 is 2.70 bits per heavy atom. The van der Waals surface area contributed by atoms with E-state index in [4.69, 9.17) is 11.6 Å². The zero-order valence-electron chi connectivity index (χ0n) is 9.89. The average Bonchev–Trinajstić information content (AvgIpc) is 2.84. The van der Waals surface area contributed by atoms with Crippen molar-refractivity contribution in [2.75, 3.05) is 0 Å². The Morgan fingerprint density at radius 1 is 1.25 bits per heavy atom. The molecule has 0 bridgehead atoms. The molecule has 20 heavy (non-hydrogen) atoms. The summed E-state index contributed by atoms with van der Waals surface area (Å²) in [6, 6.07) is 10.4. The van der Waals surface area contributed by atoms with Crippen molar-refractivity contribution in [3.05, 3.63) is 50.8 Å². The third-order valence-corrected chi connectivity index (χ3v) is 4.56. The first-order valence-corrected chi connectivity index (χ1v) is 7.61. The van der Waals surface area contributed by atoms with Crippen LogP contribution >= 0.6 is 38.9 Å². The Balaban J connectivity index is 2.31. The van der Waals surface area contributed by atoms with Gasteiger partial charge in [0.05, 0.1) is 26.4 Å². The van der Waals surface area contributed by atoms with Crippen molar-refractivity contribution >= 4 is 55.7 Å². The molecule has 0 aliphatic heterocycles. The minimum absolute atomic E-state index is 0.121. The van der Waals surface area contributed by atoms with Crippen LogP contribution in [-0.4, -0.2) is 11.0 Å². The normalized spacial score (nSPS) is 10.9. The summed E-state index contributed by atoms with van der Waals surface area (Å²) in [5.41, 5.74) is 1.31. The number of pyridine rings is 1. The summed E-state index contributed by atoms with van der Waals surface area (Å²) in [4.78, 5) is 16.6. The molecule has 2 heterocycles. The maximum absolute atomic E-state index is 11.3. The average molecular weight is 368 g/mol. The van der Waals surface area contributed by atoms with Crippen molar-refractivity contribution in [1.29, 1.82) is 0 Å². The fourth-order valence-electron chi connectivity index (χ4n) is 1.95. The van der Waals surface area contributed by atoms with Crippen LogP contribution in [0.1, 0.15) is 10.4 Å². The number of aromatic nitrogens is 1. The van der Waals surface area contributed by atoms with Crippen LogP contribution in [0.15, 0.2) is 40.9 Å². The molecule has 100 valence electrons. The van der Waals surface area contributed by atoms with E-state index in [1.165, 1.54) is 17.4 Å². The molecule has 3 nitrogen and oxygen atoms in total. The SMILES string of the molecule is O=C([O-])c1cc(-c2ccc(Cl)s2)nc2ccc(Br)cc12. The number of aromatic carboxylic acids is 1. The number of thiophene rings is 1. The lowest BCUT2D eigenvalue weighted by Crippen LogP contribution is -2.22. The molecule has 6 heteroatoms. The van der Waals surface area contributed by atoms with Gasteiger partial charge in [0.15, 0.2) is 0 Å². The van der Waals surface area contributed by atoms with Crippen LogP contribution in [0.2, 0.25) is 4.34 Å². The van der Waals surface area contributed by atoms with E-state index in [9.17, 15) is 9.90 Å². The Morgan fingerprint density at radius 2 is 2.05 bits per heavy atom. The summed E-state index contributed by atoms with van der Waals surface area (Å²) in [7, 11) is 0. The highest BCUT2D eigenvalue weighted by Gasteiger charge is 2.10. The van der Waals surface area contributed by atoms with E-state index in [-0.39, 0.29) is 5.56 Å². The first kappa shape index (κ1) is 13.5. The molecular weight excluding hydrogens is 362 g/mol. The lowest BCUT2D eigenvalue weighted by atomic mass is 10.1. The molecule has 0 spiro atoms. The summed E-state index contributed by atoms with van der Waals surface area (Å²) < 4.78 is 1.42. The predicted molar refractivity (Wildman–Crippen MR) is 82.1 cm³/mol. The summed E-state index contributed by atoms with van der Waals surface area (Å²) in [6.07, 6.45) is 0. The maximum Gasteiger partial charge on any atom is 0.0935 e. The van der Waals surface area contributed by atoms with Crippen LogP contribution in [0.3, 0.4) is 0 Å². The summed E-state index contributed by atoms with van der Waals surface area (Å²) >= 11 is 10.6. The van der Waals surface area contributed by atoms with Crippen LogP contribution < -0.4 is 5.11 Å². The fourth-order valence-corrected chi connectivity index (χ4v) is 3.31. The van der Waals surface area contributed by atoms with Crippen LogP contribution in [-0.2, 0) is 0 Å². The highest BCUT2D eigenvalue weighted by molar-refractivity contribution is 9.10. The Labute approximate surface area is 132 Å². The van der Waals surface area contributed by atoms with Crippen LogP contribution in [0.25, 0.3) is 21.5 Å². The second-order valence-electron chi connectivity index (χ2n) is 4.11. The molecule has 0 atom stereocenters. The summed E-state index contributed by atoms with van der Waals surface area (Å²) in [6.45, 7) is 0. The van der Waals surface area contributed by atoms with Gasteiger partial charge < -0.3 is 9.90 Å². The summed E-state index contributed by atoms with van der Waals surface area (Å²) in [5.74, 6) is -1.22. The number of hydrogen-bond acceptors (Lipinski definition) is 4. The molecule has 0 saturated carbocycles. The van der Waals surface area contributed by atoms with E-state index in [1.807, 2.05) is 12.1 Å². The summed E-state index contributed by atoms with van der Waals surface area (Å²) in [5, 5.41) is 11.9. The largest absolute Gasteiger partial charge is 0.545 e. The molecule has 0 saturated heterocycles. The second-order valence-corrected chi connectivity index (χ2v) is 6.74. The quantitative estimate of drug-likeness (QED) is 0.693. The highest BCUT2D eigenvalue weighted by atomic mass is 79.9. The van der Waals surface area contributed by atoms with E-state index in [0.717, 1.165) is 9.35 Å². The first-order chi connectivity index (χ1) is 9.54. The first-order valence-electron chi connectivity index (χ1n) is 5.62. The number of hydrogen-bond donors (Lipinski definition) is 0. The van der Waals surface area contributed by atoms with Crippen molar-refractivity contribution in [3.8, 4) is 10.6 Å². The zero-order chi connectivity index (χ0) is 14.3. The number of rotatable bonds is 2. The predicted octanol–water partition coefficient (Wildman–Crippen LogP) is 3.74. The molecule has 0 aliphatic rings. The molecule has 0 radical (unpaired) electrons. The van der Waals surface area contributed by atoms with Gasteiger partial charge in [0, 0.05) is 15.4 Å². The van der Waals surface area contributed by atoms with Crippen molar-refractivity contribution < 1.29 is 9.90 Å². The number of benzene rings is 1. The standard InChI is InChI=1S/C14H7BrClNO2S/c15-7-1-2-10-8(5-7)9(14(18)19)6-11(17-10)12-3-4-13(16)20-12/h1-6H,(H,18,19)/p-1. The van der Waals surface area contributed by atoms with Gasteiger partial charge >= 0.3 is 0 Å². The topological polar surface area (TPSA) is 53.0 Å². The molecule has 1 aromatic carbocycles. The molecule has 0 fully saturated rings. The number of carboxylic acids is 1. The van der Waals surface area contributed by atoms with Gasteiger partial charge in [-0.25, -0.2) is 4.98 Å². The van der Waals surface area contributed by atoms with E-state index in [1.54, 1.807) is 18.2 Å².